The molecule has 0 radical (unpaired) electrons. The van der Waals surface area contributed by atoms with E-state index >= 15 is 0 Å². The van der Waals surface area contributed by atoms with Gasteiger partial charge in [0.05, 0.1) is 29.1 Å². The van der Waals surface area contributed by atoms with Gasteiger partial charge in [0.15, 0.2) is 5.82 Å². The summed E-state index contributed by atoms with van der Waals surface area (Å²) in [5.41, 5.74) is 0.414. The van der Waals surface area contributed by atoms with Crippen LogP contribution in [0, 0.1) is 0 Å². The zero-order valence-electron chi connectivity index (χ0n) is 15.2. The molecule has 3 aromatic rings. The average molecular weight is 411 g/mol. The molecule has 0 aromatic carbocycles. The molecule has 0 spiro atoms. The van der Waals surface area contributed by atoms with Crippen molar-refractivity contribution in [1.82, 2.24) is 19.5 Å². The zero-order chi connectivity index (χ0) is 20.6. The number of rotatable bonds is 4. The first-order valence-corrected chi connectivity index (χ1v) is 9.11. The summed E-state index contributed by atoms with van der Waals surface area (Å²) in [7, 11) is 3.07. The summed E-state index contributed by atoms with van der Waals surface area (Å²) >= 11 is 1.43. The number of anilines is 1. The predicted octanol–water partition coefficient (Wildman–Crippen LogP) is 4.28. The van der Waals surface area contributed by atoms with Crippen LogP contribution in [0.2, 0.25) is 0 Å². The molecule has 0 unspecified atom stereocenters. The fourth-order valence-corrected chi connectivity index (χ4v) is 3.41. The lowest BCUT2D eigenvalue weighted by atomic mass is 10.3. The number of amides is 1. The molecule has 0 atom stereocenters. The minimum Gasteiger partial charge on any atom is -0.465 e. The number of halogens is 3. The Balaban J connectivity index is 2.15. The van der Waals surface area contributed by atoms with Crippen LogP contribution < -0.4 is 4.90 Å². The number of hydrogen-bond acceptors (Lipinski definition) is 5. The van der Waals surface area contributed by atoms with Gasteiger partial charge in [0.25, 0.3) is 0 Å². The van der Waals surface area contributed by atoms with E-state index in [1.54, 1.807) is 17.7 Å². The van der Waals surface area contributed by atoms with Gasteiger partial charge in [-0.2, -0.15) is 13.2 Å². The van der Waals surface area contributed by atoms with Gasteiger partial charge < -0.3 is 9.67 Å². The van der Waals surface area contributed by atoms with Crippen molar-refractivity contribution in [1.29, 1.82) is 0 Å². The maximum absolute atomic E-state index is 12.9. The SMILES string of the molecule is CCSc1cc(N(C)C(=O)O)cnc1-c1nc2cc(C(F)(F)F)ncc2n1C. The molecule has 28 heavy (non-hydrogen) atoms. The predicted molar refractivity (Wildman–Crippen MR) is 99.6 cm³/mol. The molecular formula is C17H16F3N5O2S. The molecule has 0 aliphatic heterocycles. The maximum Gasteiger partial charge on any atom is 0.433 e. The molecule has 148 valence electrons. The van der Waals surface area contributed by atoms with E-state index in [0.29, 0.717) is 33.4 Å². The van der Waals surface area contributed by atoms with E-state index in [2.05, 4.69) is 15.0 Å². The number of thioether (sulfide) groups is 1. The Kier molecular flexibility index (Phi) is 5.20. The van der Waals surface area contributed by atoms with Crippen LogP contribution in [0.1, 0.15) is 12.6 Å². The van der Waals surface area contributed by atoms with Crippen molar-refractivity contribution in [2.24, 2.45) is 7.05 Å². The highest BCUT2D eigenvalue weighted by Crippen LogP contribution is 2.35. The van der Waals surface area contributed by atoms with Crippen molar-refractivity contribution in [2.75, 3.05) is 17.7 Å². The monoisotopic (exact) mass is 411 g/mol. The van der Waals surface area contributed by atoms with E-state index in [0.717, 1.165) is 17.2 Å². The van der Waals surface area contributed by atoms with Crippen molar-refractivity contribution in [3.8, 4) is 11.5 Å². The number of aromatic nitrogens is 4. The van der Waals surface area contributed by atoms with Gasteiger partial charge in [-0.05, 0) is 17.9 Å². The second-order valence-corrected chi connectivity index (χ2v) is 7.17. The topological polar surface area (TPSA) is 84.1 Å². The Morgan fingerprint density at radius 2 is 2.00 bits per heavy atom. The van der Waals surface area contributed by atoms with Crippen molar-refractivity contribution in [3.05, 3.63) is 30.2 Å². The third-order valence-electron chi connectivity index (χ3n) is 4.08. The van der Waals surface area contributed by atoms with Gasteiger partial charge in [0.1, 0.15) is 11.4 Å². The third-order valence-corrected chi connectivity index (χ3v) is 4.99. The number of pyridine rings is 2. The van der Waals surface area contributed by atoms with Crippen molar-refractivity contribution in [2.45, 2.75) is 18.0 Å². The highest BCUT2D eigenvalue weighted by molar-refractivity contribution is 7.99. The number of alkyl halides is 3. The molecule has 0 saturated carbocycles. The number of aryl methyl sites for hydroxylation is 1. The van der Waals surface area contributed by atoms with Gasteiger partial charge in [-0.25, -0.2) is 19.7 Å². The lowest BCUT2D eigenvalue weighted by Crippen LogP contribution is -2.24. The Morgan fingerprint density at radius 3 is 2.61 bits per heavy atom. The van der Waals surface area contributed by atoms with Crippen LogP contribution >= 0.6 is 11.8 Å². The normalized spacial score (nSPS) is 11.8. The maximum atomic E-state index is 12.9. The quantitative estimate of drug-likeness (QED) is 0.646. The molecule has 0 aliphatic carbocycles. The van der Waals surface area contributed by atoms with Crippen LogP contribution in [0.4, 0.5) is 23.7 Å². The van der Waals surface area contributed by atoms with E-state index in [4.69, 9.17) is 5.11 Å². The van der Waals surface area contributed by atoms with E-state index < -0.39 is 18.0 Å². The van der Waals surface area contributed by atoms with Gasteiger partial charge in [-0.3, -0.25) is 4.90 Å². The number of fused-ring (bicyclic) bond motifs is 1. The highest BCUT2D eigenvalue weighted by atomic mass is 32.2. The number of carboxylic acid groups (broad SMARTS) is 1. The lowest BCUT2D eigenvalue weighted by molar-refractivity contribution is -0.141. The molecule has 7 nitrogen and oxygen atoms in total. The third kappa shape index (κ3) is 3.61. The van der Waals surface area contributed by atoms with Crippen LogP contribution in [-0.2, 0) is 13.2 Å². The number of hydrogen-bond donors (Lipinski definition) is 1. The Hall–Kier alpha value is -2.82. The molecule has 3 heterocycles. The first kappa shape index (κ1) is 19.9. The van der Waals surface area contributed by atoms with Gasteiger partial charge in [0, 0.05) is 19.0 Å². The standard InChI is InChI=1S/C17H16F3N5O2S/c1-4-28-12-5-9(24(2)16(26)27)7-22-14(12)15-23-10-6-13(17(18,19)20)21-8-11(10)25(15)3/h5-8H,4H2,1-3H3,(H,26,27). The Bertz CT molecular complexity index is 1050. The number of nitrogens with zero attached hydrogens (tertiary/aromatic N) is 5. The van der Waals surface area contributed by atoms with Crippen LogP contribution in [-0.4, -0.2) is 43.5 Å². The second kappa shape index (κ2) is 7.30. The number of carbonyl (C=O) groups is 1. The lowest BCUT2D eigenvalue weighted by Gasteiger charge is -2.15. The largest absolute Gasteiger partial charge is 0.465 e. The van der Waals surface area contributed by atoms with E-state index in [1.165, 1.54) is 25.0 Å². The van der Waals surface area contributed by atoms with Gasteiger partial charge in [-0.1, -0.05) is 6.92 Å². The molecule has 3 aromatic heterocycles. The molecule has 1 N–H and O–H groups in total. The van der Waals surface area contributed by atoms with E-state index in [1.807, 2.05) is 6.92 Å². The van der Waals surface area contributed by atoms with Crippen molar-refractivity contribution < 1.29 is 23.1 Å². The smallest absolute Gasteiger partial charge is 0.433 e. The minimum absolute atomic E-state index is 0.154. The molecule has 0 bridgehead atoms. The fourth-order valence-electron chi connectivity index (χ4n) is 2.62. The molecule has 0 aliphatic rings. The summed E-state index contributed by atoms with van der Waals surface area (Å²) in [4.78, 5) is 25.0. The van der Waals surface area contributed by atoms with Crippen LogP contribution in [0.25, 0.3) is 22.6 Å². The van der Waals surface area contributed by atoms with E-state index in [-0.39, 0.29) is 5.52 Å². The molecule has 11 heteroatoms. The molecule has 0 saturated heterocycles. The van der Waals surface area contributed by atoms with Crippen LogP contribution in [0.5, 0.6) is 0 Å². The van der Waals surface area contributed by atoms with E-state index in [9.17, 15) is 18.0 Å². The van der Waals surface area contributed by atoms with Crippen LogP contribution in [0.15, 0.2) is 29.4 Å². The van der Waals surface area contributed by atoms with Gasteiger partial charge in [-0.15, -0.1) is 11.8 Å². The molecule has 1 amide bonds. The first-order valence-electron chi connectivity index (χ1n) is 8.13. The average Bonchev–Trinajstić information content (AvgIpc) is 2.96. The summed E-state index contributed by atoms with van der Waals surface area (Å²) in [5.74, 6) is 1.06. The highest BCUT2D eigenvalue weighted by Gasteiger charge is 2.33. The van der Waals surface area contributed by atoms with Crippen LogP contribution in [0.3, 0.4) is 0 Å². The summed E-state index contributed by atoms with van der Waals surface area (Å²) in [5, 5.41) is 9.15. The minimum atomic E-state index is -4.56. The van der Waals surface area contributed by atoms with Crippen molar-refractivity contribution >= 4 is 34.6 Å². The Labute approximate surface area is 162 Å². The summed E-state index contributed by atoms with van der Waals surface area (Å²) < 4.78 is 40.4. The zero-order valence-corrected chi connectivity index (χ0v) is 16.0. The first-order chi connectivity index (χ1) is 13.1. The molecule has 3 rings (SSSR count). The Morgan fingerprint density at radius 1 is 1.29 bits per heavy atom. The molecule has 0 fully saturated rings. The summed E-state index contributed by atoms with van der Waals surface area (Å²) in [6, 6.07) is 2.57. The second-order valence-electron chi connectivity index (χ2n) is 5.87. The van der Waals surface area contributed by atoms with Gasteiger partial charge >= 0.3 is 12.3 Å². The summed E-state index contributed by atoms with van der Waals surface area (Å²) in [6.07, 6.45) is -3.16. The number of imidazole rings is 1. The fraction of sp³-hybridized carbons (Fsp3) is 0.294. The van der Waals surface area contributed by atoms with Crippen molar-refractivity contribution in [3.63, 3.8) is 0 Å². The summed E-state index contributed by atoms with van der Waals surface area (Å²) in [6.45, 7) is 1.93. The molecular weight excluding hydrogens is 395 g/mol. The van der Waals surface area contributed by atoms with Gasteiger partial charge in [0.2, 0.25) is 0 Å².